The van der Waals surface area contributed by atoms with Crippen LogP contribution in [0.15, 0.2) is 18.2 Å². The Kier molecular flexibility index (Phi) is 4.06. The predicted molar refractivity (Wildman–Crippen MR) is 74.0 cm³/mol. The van der Waals surface area contributed by atoms with Crippen LogP contribution >= 0.6 is 0 Å². The van der Waals surface area contributed by atoms with Crippen LogP contribution in [0.25, 0.3) is 0 Å². The molecule has 0 unspecified atom stereocenters. The number of carboxylic acid groups (broad SMARTS) is 1. The van der Waals surface area contributed by atoms with E-state index >= 15 is 0 Å². The van der Waals surface area contributed by atoms with E-state index in [2.05, 4.69) is 10.6 Å². The number of carbonyl (C=O) groups is 2. The molecule has 1 aliphatic heterocycles. The van der Waals surface area contributed by atoms with E-state index in [0.29, 0.717) is 5.69 Å². The maximum atomic E-state index is 11.8. The zero-order chi connectivity index (χ0) is 14.8. The summed E-state index contributed by atoms with van der Waals surface area (Å²) in [5.74, 6) is -1.31. The van der Waals surface area contributed by atoms with Gasteiger partial charge in [0, 0.05) is 18.8 Å². The van der Waals surface area contributed by atoms with Crippen LogP contribution in [-0.2, 0) is 9.53 Å². The monoisotopic (exact) mass is 278 g/mol. The van der Waals surface area contributed by atoms with E-state index in [1.807, 2.05) is 6.92 Å². The van der Waals surface area contributed by atoms with Crippen LogP contribution in [0.4, 0.5) is 5.69 Å². The van der Waals surface area contributed by atoms with E-state index < -0.39 is 5.97 Å². The van der Waals surface area contributed by atoms with E-state index in [4.69, 9.17) is 9.84 Å². The molecule has 1 aromatic carbocycles. The largest absolute Gasteiger partial charge is 0.478 e. The van der Waals surface area contributed by atoms with E-state index in [0.717, 1.165) is 18.7 Å². The van der Waals surface area contributed by atoms with Gasteiger partial charge < -0.3 is 20.5 Å². The molecular weight excluding hydrogens is 260 g/mol. The van der Waals surface area contributed by atoms with Crippen molar-refractivity contribution >= 4 is 17.6 Å². The third kappa shape index (κ3) is 3.34. The van der Waals surface area contributed by atoms with Crippen molar-refractivity contribution in [1.29, 1.82) is 0 Å². The summed E-state index contributed by atoms with van der Waals surface area (Å²) in [7, 11) is 0. The minimum Gasteiger partial charge on any atom is -0.478 e. The normalized spacial score (nSPS) is 16.3. The molecule has 3 N–H and O–H groups in total. The maximum Gasteiger partial charge on any atom is 0.335 e. The van der Waals surface area contributed by atoms with Gasteiger partial charge in [-0.15, -0.1) is 0 Å². The van der Waals surface area contributed by atoms with Crippen molar-refractivity contribution in [1.82, 2.24) is 5.32 Å². The first-order valence-corrected chi connectivity index (χ1v) is 6.38. The molecule has 0 aromatic heterocycles. The van der Waals surface area contributed by atoms with Gasteiger partial charge in [-0.3, -0.25) is 4.79 Å². The number of carbonyl (C=O) groups excluding carboxylic acids is 1. The number of amides is 1. The number of aromatic carboxylic acids is 1. The van der Waals surface area contributed by atoms with Crippen molar-refractivity contribution < 1.29 is 19.4 Å². The van der Waals surface area contributed by atoms with E-state index in [1.54, 1.807) is 13.0 Å². The van der Waals surface area contributed by atoms with Gasteiger partial charge in [0.1, 0.15) is 6.61 Å². The highest BCUT2D eigenvalue weighted by atomic mass is 16.5. The molecule has 6 heteroatoms. The van der Waals surface area contributed by atoms with Crippen LogP contribution in [0.3, 0.4) is 0 Å². The molecule has 1 amide bonds. The van der Waals surface area contributed by atoms with Gasteiger partial charge in [-0.2, -0.15) is 0 Å². The first-order valence-electron chi connectivity index (χ1n) is 6.38. The topological polar surface area (TPSA) is 87.7 Å². The number of benzene rings is 1. The molecule has 108 valence electrons. The molecule has 1 heterocycles. The summed E-state index contributed by atoms with van der Waals surface area (Å²) in [6.45, 7) is 5.16. The Balaban J connectivity index is 1.96. The maximum absolute atomic E-state index is 11.8. The number of ether oxygens (including phenoxy) is 1. The lowest BCUT2D eigenvalue weighted by Crippen LogP contribution is -2.59. The lowest BCUT2D eigenvalue weighted by molar-refractivity contribution is -0.130. The smallest absolute Gasteiger partial charge is 0.335 e. The fourth-order valence-corrected chi connectivity index (χ4v) is 1.89. The third-order valence-electron chi connectivity index (χ3n) is 3.31. The molecule has 1 fully saturated rings. The van der Waals surface area contributed by atoms with E-state index in [1.165, 1.54) is 12.1 Å². The molecule has 1 aromatic rings. The van der Waals surface area contributed by atoms with Gasteiger partial charge in [-0.1, -0.05) is 6.07 Å². The molecule has 1 aliphatic rings. The Morgan fingerprint density at radius 1 is 1.45 bits per heavy atom. The molecule has 0 radical (unpaired) electrons. The first-order chi connectivity index (χ1) is 9.39. The van der Waals surface area contributed by atoms with Gasteiger partial charge in [-0.25, -0.2) is 4.79 Å². The molecule has 0 bridgehead atoms. The third-order valence-corrected chi connectivity index (χ3v) is 3.31. The van der Waals surface area contributed by atoms with Gasteiger partial charge in [-0.05, 0) is 31.5 Å². The van der Waals surface area contributed by atoms with Crippen molar-refractivity contribution in [3.05, 3.63) is 29.3 Å². The zero-order valence-electron chi connectivity index (χ0n) is 11.5. The van der Waals surface area contributed by atoms with Crippen molar-refractivity contribution in [2.75, 3.05) is 25.0 Å². The Bertz CT molecular complexity index is 538. The summed E-state index contributed by atoms with van der Waals surface area (Å²) in [5.41, 5.74) is 1.16. The minimum atomic E-state index is -1.02. The second kappa shape index (κ2) is 5.60. The number of anilines is 1. The van der Waals surface area contributed by atoms with Crippen molar-refractivity contribution in [3.8, 4) is 0 Å². The zero-order valence-corrected chi connectivity index (χ0v) is 11.5. The van der Waals surface area contributed by atoms with Crippen LogP contribution < -0.4 is 10.6 Å². The Morgan fingerprint density at radius 2 is 2.15 bits per heavy atom. The van der Waals surface area contributed by atoms with Gasteiger partial charge in [0.15, 0.2) is 0 Å². The number of hydrogen-bond acceptors (Lipinski definition) is 4. The highest BCUT2D eigenvalue weighted by Gasteiger charge is 2.33. The highest BCUT2D eigenvalue weighted by molar-refractivity contribution is 5.95. The highest BCUT2D eigenvalue weighted by Crippen LogP contribution is 2.18. The molecule has 6 nitrogen and oxygen atoms in total. The Labute approximate surface area is 117 Å². The van der Waals surface area contributed by atoms with E-state index in [-0.39, 0.29) is 23.7 Å². The fraction of sp³-hybridized carbons (Fsp3) is 0.429. The van der Waals surface area contributed by atoms with Gasteiger partial charge in [0.05, 0.1) is 11.2 Å². The lowest BCUT2D eigenvalue weighted by atomic mass is 10.0. The van der Waals surface area contributed by atoms with E-state index in [9.17, 15) is 9.59 Å². The Hall–Kier alpha value is -1.92. The number of hydrogen-bond donors (Lipinski definition) is 3. The van der Waals surface area contributed by atoms with Crippen LogP contribution in [0, 0.1) is 6.92 Å². The molecule has 0 atom stereocenters. The molecule has 20 heavy (non-hydrogen) atoms. The average Bonchev–Trinajstić information content (AvgIpc) is 2.36. The number of rotatable bonds is 5. The average molecular weight is 278 g/mol. The molecule has 0 saturated carbocycles. The minimum absolute atomic E-state index is 0.0467. The quantitative estimate of drug-likeness (QED) is 0.748. The van der Waals surface area contributed by atoms with Crippen molar-refractivity contribution in [2.45, 2.75) is 19.4 Å². The fourth-order valence-electron chi connectivity index (χ4n) is 1.89. The summed E-state index contributed by atoms with van der Waals surface area (Å²) >= 11 is 0. The number of aryl methyl sites for hydroxylation is 1. The number of carboxylic acids is 1. The van der Waals surface area contributed by atoms with Gasteiger partial charge in [0.2, 0.25) is 5.91 Å². The first kappa shape index (κ1) is 14.5. The molecule has 2 rings (SSSR count). The summed E-state index contributed by atoms with van der Waals surface area (Å²) in [6, 6.07) is 4.62. The molecule has 1 saturated heterocycles. The number of nitrogens with one attached hydrogen (secondary N) is 2. The summed E-state index contributed by atoms with van der Waals surface area (Å²) in [5, 5.41) is 14.7. The second-order valence-electron chi connectivity index (χ2n) is 5.23. The molecular formula is C14H18N2O4. The molecule has 0 spiro atoms. The van der Waals surface area contributed by atoms with Crippen molar-refractivity contribution in [2.24, 2.45) is 0 Å². The standard InChI is InChI=1S/C14H18N2O4/c1-9-3-4-10(13(18)19)5-11(9)16-12(17)6-20-14(2)7-15-8-14/h3-5,15H,6-8H2,1-2H3,(H,16,17)(H,18,19). The van der Waals surface area contributed by atoms with Crippen LogP contribution in [0.1, 0.15) is 22.8 Å². The Morgan fingerprint density at radius 3 is 2.70 bits per heavy atom. The summed E-state index contributed by atoms with van der Waals surface area (Å²) < 4.78 is 5.53. The summed E-state index contributed by atoms with van der Waals surface area (Å²) in [6.07, 6.45) is 0. The lowest BCUT2D eigenvalue weighted by Gasteiger charge is -2.38. The molecule has 0 aliphatic carbocycles. The van der Waals surface area contributed by atoms with Crippen LogP contribution in [0.5, 0.6) is 0 Å². The summed E-state index contributed by atoms with van der Waals surface area (Å²) in [4.78, 5) is 22.7. The SMILES string of the molecule is Cc1ccc(C(=O)O)cc1NC(=O)COC1(C)CNC1. The van der Waals surface area contributed by atoms with Gasteiger partial charge >= 0.3 is 5.97 Å². The van der Waals surface area contributed by atoms with Crippen LogP contribution in [0.2, 0.25) is 0 Å². The second-order valence-corrected chi connectivity index (χ2v) is 5.23. The van der Waals surface area contributed by atoms with Crippen LogP contribution in [-0.4, -0.2) is 42.3 Å². The van der Waals surface area contributed by atoms with Crippen molar-refractivity contribution in [3.63, 3.8) is 0 Å². The predicted octanol–water partition coefficient (Wildman–Crippen LogP) is 1.01. The van der Waals surface area contributed by atoms with Gasteiger partial charge in [0.25, 0.3) is 0 Å².